The van der Waals surface area contributed by atoms with Crippen LogP contribution in [0.25, 0.3) is 0 Å². The van der Waals surface area contributed by atoms with Gasteiger partial charge in [-0.25, -0.2) is 4.79 Å². The molecule has 0 aliphatic rings. The van der Waals surface area contributed by atoms with Crippen molar-refractivity contribution in [3.8, 4) is 5.75 Å². The Labute approximate surface area is 136 Å². The summed E-state index contributed by atoms with van der Waals surface area (Å²) in [4.78, 5) is 23.5. The van der Waals surface area contributed by atoms with Crippen LogP contribution in [0.5, 0.6) is 5.75 Å². The number of hydrogen-bond donors (Lipinski definition) is 2. The average Bonchev–Trinajstić information content (AvgIpc) is 2.47. The van der Waals surface area contributed by atoms with E-state index in [4.69, 9.17) is 4.74 Å². The van der Waals surface area contributed by atoms with Crippen LogP contribution in [0.15, 0.2) is 46.9 Å². The van der Waals surface area contributed by atoms with Gasteiger partial charge in [0, 0.05) is 10.2 Å². The van der Waals surface area contributed by atoms with E-state index in [0.717, 1.165) is 10.0 Å². The second-order valence-corrected chi connectivity index (χ2v) is 5.57. The van der Waals surface area contributed by atoms with Crippen LogP contribution in [0.3, 0.4) is 0 Å². The highest BCUT2D eigenvalue weighted by Gasteiger charge is 2.14. The fourth-order valence-corrected chi connectivity index (χ4v) is 2.02. The summed E-state index contributed by atoms with van der Waals surface area (Å²) >= 11 is 3.29. The van der Waals surface area contributed by atoms with Crippen molar-refractivity contribution in [1.29, 1.82) is 0 Å². The number of anilines is 1. The van der Waals surface area contributed by atoms with Crippen LogP contribution in [0.2, 0.25) is 0 Å². The maximum absolute atomic E-state index is 11.8. The summed E-state index contributed by atoms with van der Waals surface area (Å²) < 4.78 is 5.78. The van der Waals surface area contributed by atoms with Gasteiger partial charge in [0.2, 0.25) is 0 Å². The van der Waals surface area contributed by atoms with Crippen LogP contribution in [0.1, 0.15) is 15.9 Å². The second kappa shape index (κ2) is 7.09. The van der Waals surface area contributed by atoms with Gasteiger partial charge >= 0.3 is 5.97 Å². The molecule has 1 amide bonds. The van der Waals surface area contributed by atoms with E-state index in [1.54, 1.807) is 37.3 Å². The normalized spacial score (nSPS) is 10.1. The van der Waals surface area contributed by atoms with E-state index >= 15 is 0 Å². The molecule has 0 aliphatic heterocycles. The monoisotopic (exact) mass is 363 g/mol. The largest absolute Gasteiger partial charge is 0.507 e. The van der Waals surface area contributed by atoms with Gasteiger partial charge in [0.1, 0.15) is 11.3 Å². The van der Waals surface area contributed by atoms with E-state index in [0.29, 0.717) is 5.69 Å². The third kappa shape index (κ3) is 4.33. The lowest BCUT2D eigenvalue weighted by Gasteiger charge is -2.08. The molecule has 22 heavy (non-hydrogen) atoms. The molecule has 0 saturated carbocycles. The first-order valence-corrected chi connectivity index (χ1v) is 7.27. The summed E-state index contributed by atoms with van der Waals surface area (Å²) in [6.07, 6.45) is 0. The third-order valence-electron chi connectivity index (χ3n) is 2.84. The zero-order chi connectivity index (χ0) is 16.1. The maximum atomic E-state index is 11.8. The van der Waals surface area contributed by atoms with E-state index in [1.807, 2.05) is 0 Å². The SMILES string of the molecule is Cc1ccc(C(=O)OCC(=O)Nc2ccc(Br)cc2)c(O)c1. The van der Waals surface area contributed by atoms with Crippen molar-refractivity contribution in [2.75, 3.05) is 11.9 Å². The number of carbonyl (C=O) groups excluding carboxylic acids is 2. The number of amides is 1. The molecule has 0 aromatic heterocycles. The van der Waals surface area contributed by atoms with Gasteiger partial charge in [-0.05, 0) is 48.9 Å². The van der Waals surface area contributed by atoms with Crippen molar-refractivity contribution < 1.29 is 19.4 Å². The summed E-state index contributed by atoms with van der Waals surface area (Å²) in [5.74, 6) is -1.37. The summed E-state index contributed by atoms with van der Waals surface area (Å²) in [5.41, 5.74) is 1.45. The number of halogens is 1. The number of phenolic OH excluding ortho intramolecular Hbond substituents is 1. The van der Waals surface area contributed by atoms with Crippen LogP contribution in [-0.2, 0) is 9.53 Å². The van der Waals surface area contributed by atoms with Gasteiger partial charge < -0.3 is 15.2 Å². The fraction of sp³-hybridized carbons (Fsp3) is 0.125. The summed E-state index contributed by atoms with van der Waals surface area (Å²) in [7, 11) is 0. The minimum absolute atomic E-state index is 0.0297. The van der Waals surface area contributed by atoms with Gasteiger partial charge in [0.05, 0.1) is 0 Å². The van der Waals surface area contributed by atoms with Crippen molar-refractivity contribution in [3.05, 3.63) is 58.1 Å². The van der Waals surface area contributed by atoms with E-state index < -0.39 is 18.5 Å². The zero-order valence-electron chi connectivity index (χ0n) is 11.8. The minimum Gasteiger partial charge on any atom is -0.507 e. The number of aromatic hydroxyl groups is 1. The molecule has 2 N–H and O–H groups in total. The molecule has 2 rings (SSSR count). The molecule has 0 aliphatic carbocycles. The summed E-state index contributed by atoms with van der Waals surface area (Å²) in [6.45, 7) is 1.36. The number of esters is 1. The Morgan fingerprint density at radius 1 is 1.18 bits per heavy atom. The first-order valence-electron chi connectivity index (χ1n) is 6.48. The molecule has 2 aromatic rings. The van der Waals surface area contributed by atoms with E-state index in [2.05, 4.69) is 21.2 Å². The Morgan fingerprint density at radius 3 is 2.50 bits per heavy atom. The highest BCUT2D eigenvalue weighted by molar-refractivity contribution is 9.10. The average molecular weight is 364 g/mol. The fourth-order valence-electron chi connectivity index (χ4n) is 1.75. The molecule has 5 nitrogen and oxygen atoms in total. The Bertz CT molecular complexity index is 698. The summed E-state index contributed by atoms with van der Waals surface area (Å²) in [6, 6.07) is 11.6. The quantitative estimate of drug-likeness (QED) is 0.817. The van der Waals surface area contributed by atoms with Gasteiger partial charge in [0.25, 0.3) is 5.91 Å². The van der Waals surface area contributed by atoms with Gasteiger partial charge in [-0.1, -0.05) is 22.0 Å². The van der Waals surface area contributed by atoms with Crippen LogP contribution >= 0.6 is 15.9 Å². The van der Waals surface area contributed by atoms with Crippen LogP contribution in [-0.4, -0.2) is 23.6 Å². The van der Waals surface area contributed by atoms with E-state index in [1.165, 1.54) is 12.1 Å². The van der Waals surface area contributed by atoms with Gasteiger partial charge in [-0.3, -0.25) is 4.79 Å². The topological polar surface area (TPSA) is 75.6 Å². The van der Waals surface area contributed by atoms with Crippen LogP contribution in [0, 0.1) is 6.92 Å². The van der Waals surface area contributed by atoms with E-state index in [-0.39, 0.29) is 11.3 Å². The minimum atomic E-state index is -0.747. The number of nitrogens with one attached hydrogen (secondary N) is 1. The molecule has 0 bridgehead atoms. The predicted molar refractivity (Wildman–Crippen MR) is 85.9 cm³/mol. The summed E-state index contributed by atoms with van der Waals surface area (Å²) in [5, 5.41) is 12.3. The Kier molecular flexibility index (Phi) is 5.16. The molecule has 0 atom stereocenters. The third-order valence-corrected chi connectivity index (χ3v) is 3.36. The number of rotatable bonds is 4. The molecule has 0 radical (unpaired) electrons. The van der Waals surface area contributed by atoms with Gasteiger partial charge in [0.15, 0.2) is 6.61 Å². The van der Waals surface area contributed by atoms with Crippen LogP contribution in [0.4, 0.5) is 5.69 Å². The first kappa shape index (κ1) is 16.0. The first-order chi connectivity index (χ1) is 10.5. The van der Waals surface area contributed by atoms with Crippen molar-refractivity contribution in [2.24, 2.45) is 0 Å². The molecular formula is C16H14BrNO4. The molecule has 0 unspecified atom stereocenters. The van der Waals surface area contributed by atoms with Crippen molar-refractivity contribution in [1.82, 2.24) is 0 Å². The lowest BCUT2D eigenvalue weighted by molar-refractivity contribution is -0.119. The number of aryl methyl sites for hydroxylation is 1. The zero-order valence-corrected chi connectivity index (χ0v) is 13.4. The van der Waals surface area contributed by atoms with Crippen LogP contribution < -0.4 is 5.32 Å². The molecule has 0 heterocycles. The molecular weight excluding hydrogens is 350 g/mol. The number of phenols is 1. The number of carbonyl (C=O) groups is 2. The molecule has 2 aromatic carbocycles. The Hall–Kier alpha value is -2.34. The number of hydrogen-bond acceptors (Lipinski definition) is 4. The Balaban J connectivity index is 1.90. The molecule has 0 spiro atoms. The lowest BCUT2D eigenvalue weighted by atomic mass is 10.1. The molecule has 114 valence electrons. The van der Waals surface area contributed by atoms with Crippen molar-refractivity contribution in [2.45, 2.75) is 6.92 Å². The Morgan fingerprint density at radius 2 is 1.86 bits per heavy atom. The molecule has 6 heteroatoms. The number of ether oxygens (including phenoxy) is 1. The lowest BCUT2D eigenvalue weighted by Crippen LogP contribution is -2.20. The van der Waals surface area contributed by atoms with E-state index in [9.17, 15) is 14.7 Å². The van der Waals surface area contributed by atoms with Crippen molar-refractivity contribution >= 4 is 33.5 Å². The second-order valence-electron chi connectivity index (χ2n) is 4.65. The smallest absolute Gasteiger partial charge is 0.342 e. The highest BCUT2D eigenvalue weighted by Crippen LogP contribution is 2.19. The van der Waals surface area contributed by atoms with Crippen molar-refractivity contribution in [3.63, 3.8) is 0 Å². The number of benzene rings is 2. The maximum Gasteiger partial charge on any atom is 0.342 e. The predicted octanol–water partition coefficient (Wildman–Crippen LogP) is 3.26. The highest BCUT2D eigenvalue weighted by atomic mass is 79.9. The molecule has 0 saturated heterocycles. The molecule has 0 fully saturated rings. The van der Waals surface area contributed by atoms with Gasteiger partial charge in [-0.15, -0.1) is 0 Å². The standard InChI is InChI=1S/C16H14BrNO4/c1-10-2-7-13(14(19)8-10)16(21)22-9-15(20)18-12-5-3-11(17)4-6-12/h2-8,19H,9H2,1H3,(H,18,20). The van der Waals surface area contributed by atoms with Gasteiger partial charge in [-0.2, -0.15) is 0 Å².